The SMILES string of the molecule is Cc1cc(-c2c(F)cccc2F)c(N2/C(=C/C=C3C(=O)c4cc5ccccc5cc4C3=O)N(c3c(C(C)C)cccc3C(C)C)c3nc4ccccc4nc32)c(-c2c(F)cccc2F)c1. The minimum absolute atomic E-state index is 0.0201. The summed E-state index contributed by atoms with van der Waals surface area (Å²) in [6, 6.07) is 34.2. The van der Waals surface area contributed by atoms with Gasteiger partial charge in [-0.2, -0.15) is 0 Å². The lowest BCUT2D eigenvalue weighted by Gasteiger charge is -2.32. The molecule has 1 aliphatic carbocycles. The first kappa shape index (κ1) is 41.3. The van der Waals surface area contributed by atoms with Crippen LogP contribution in [0, 0.1) is 30.2 Å². The Hall–Kier alpha value is -7.72. The number of benzene rings is 7. The lowest BCUT2D eigenvalue weighted by Crippen LogP contribution is -2.25. The van der Waals surface area contributed by atoms with E-state index in [0.717, 1.165) is 51.9 Å². The van der Waals surface area contributed by atoms with E-state index in [9.17, 15) is 9.59 Å². The Labute approximate surface area is 372 Å². The van der Waals surface area contributed by atoms with Gasteiger partial charge in [0.15, 0.2) is 23.2 Å². The Kier molecular flexibility index (Phi) is 10.0. The molecule has 10 rings (SSSR count). The number of hydrogen-bond donors (Lipinski definition) is 0. The molecule has 0 bridgehead atoms. The minimum Gasteiger partial charge on any atom is -0.288 e. The number of para-hydroxylation sites is 3. The zero-order chi connectivity index (χ0) is 45.4. The fraction of sp³-hybridized carbons (Fsp3) is 0.127. The number of carbonyl (C=O) groups excluding carboxylic acids is 2. The zero-order valence-corrected chi connectivity index (χ0v) is 36.1. The summed E-state index contributed by atoms with van der Waals surface area (Å²) in [6.07, 6.45) is 3.04. The van der Waals surface area contributed by atoms with E-state index >= 15 is 17.6 Å². The van der Waals surface area contributed by atoms with E-state index in [4.69, 9.17) is 9.97 Å². The topological polar surface area (TPSA) is 66.4 Å². The number of nitrogens with zero attached hydrogens (tertiary/aromatic N) is 4. The zero-order valence-electron chi connectivity index (χ0n) is 36.1. The van der Waals surface area contributed by atoms with Gasteiger partial charge in [0.25, 0.3) is 0 Å². The number of hydrogen-bond acceptors (Lipinski definition) is 6. The van der Waals surface area contributed by atoms with E-state index in [1.54, 1.807) is 54.3 Å². The summed E-state index contributed by atoms with van der Waals surface area (Å²) in [5, 5.41) is 1.60. The van der Waals surface area contributed by atoms with Crippen LogP contribution in [0.1, 0.15) is 76.9 Å². The van der Waals surface area contributed by atoms with Gasteiger partial charge >= 0.3 is 0 Å². The molecule has 0 unspecified atom stereocenters. The van der Waals surface area contributed by atoms with E-state index < -0.39 is 46.0 Å². The lowest BCUT2D eigenvalue weighted by molar-refractivity contribution is 0.0988. The Morgan fingerprint density at radius 2 is 0.908 bits per heavy atom. The van der Waals surface area contributed by atoms with Gasteiger partial charge in [0.05, 0.1) is 39.1 Å². The van der Waals surface area contributed by atoms with Crippen LogP contribution in [0.25, 0.3) is 44.1 Å². The molecule has 10 heteroatoms. The first-order valence-electron chi connectivity index (χ1n) is 21.4. The molecule has 7 aromatic carbocycles. The van der Waals surface area contributed by atoms with Crippen molar-refractivity contribution < 1.29 is 27.2 Å². The van der Waals surface area contributed by atoms with Crippen LogP contribution in [0.4, 0.5) is 40.6 Å². The van der Waals surface area contributed by atoms with Gasteiger partial charge in [0, 0.05) is 22.3 Å². The predicted octanol–water partition coefficient (Wildman–Crippen LogP) is 14.4. The minimum atomic E-state index is -0.912. The smallest absolute Gasteiger partial charge is 0.197 e. The predicted molar refractivity (Wildman–Crippen MR) is 249 cm³/mol. The molecule has 0 atom stereocenters. The number of anilines is 4. The van der Waals surface area contributed by atoms with Crippen molar-refractivity contribution >= 4 is 56.4 Å². The summed E-state index contributed by atoms with van der Waals surface area (Å²) in [7, 11) is 0. The molecule has 0 radical (unpaired) electrons. The Balaban J connectivity index is 1.37. The van der Waals surface area contributed by atoms with Crippen molar-refractivity contribution in [2.24, 2.45) is 0 Å². The van der Waals surface area contributed by atoms with Crippen LogP contribution < -0.4 is 9.80 Å². The van der Waals surface area contributed by atoms with Gasteiger partial charge in [-0.3, -0.25) is 19.4 Å². The third-order valence-electron chi connectivity index (χ3n) is 12.2. The van der Waals surface area contributed by atoms with Crippen molar-refractivity contribution in [2.75, 3.05) is 9.80 Å². The molecule has 320 valence electrons. The number of ketones is 2. The molecule has 2 aliphatic rings. The quantitative estimate of drug-likeness (QED) is 0.0903. The summed E-state index contributed by atoms with van der Waals surface area (Å²) in [5.74, 6) is -4.03. The molecule has 0 saturated carbocycles. The Bertz CT molecular complexity index is 3210. The largest absolute Gasteiger partial charge is 0.288 e. The second kappa shape index (κ2) is 15.8. The van der Waals surface area contributed by atoms with Crippen LogP contribution in [0.5, 0.6) is 0 Å². The summed E-state index contributed by atoms with van der Waals surface area (Å²) in [4.78, 5) is 42.6. The number of halogens is 4. The molecule has 6 nitrogen and oxygen atoms in total. The second-order valence-electron chi connectivity index (χ2n) is 17.0. The number of allylic oxidation sites excluding steroid dienone is 3. The standard InChI is InChI=1S/C55H40F4N4O2/c1-29(2)34-15-10-16-35(30(3)4)50(34)62-47(24-23-36-52(64)37-27-32-13-6-7-14-33(32)28-38(37)53(36)65)63(55-54(62)60-45-21-8-9-22-46(45)61-55)51-39(48-41(56)17-11-18-42(48)57)25-31(5)26-40(51)49-43(58)19-12-20-44(49)59/h6-30H,1-5H3/b47-24+. The first-order valence-corrected chi connectivity index (χ1v) is 21.4. The van der Waals surface area contributed by atoms with Gasteiger partial charge in [-0.1, -0.05) is 94.4 Å². The highest BCUT2D eigenvalue weighted by Gasteiger charge is 2.42. The molecule has 65 heavy (non-hydrogen) atoms. The average molecular weight is 865 g/mol. The third-order valence-corrected chi connectivity index (χ3v) is 12.2. The molecule has 0 saturated heterocycles. The summed E-state index contributed by atoms with van der Waals surface area (Å²) in [6.45, 7) is 9.92. The van der Waals surface area contributed by atoms with Crippen molar-refractivity contribution in [3.05, 3.63) is 202 Å². The maximum atomic E-state index is 16.4. The lowest BCUT2D eigenvalue weighted by atomic mass is 9.91. The van der Waals surface area contributed by atoms with Gasteiger partial charge in [-0.05, 0) is 119 Å². The van der Waals surface area contributed by atoms with Gasteiger partial charge in [0.1, 0.15) is 29.1 Å². The van der Waals surface area contributed by atoms with Crippen molar-refractivity contribution in [3.63, 3.8) is 0 Å². The van der Waals surface area contributed by atoms with E-state index in [2.05, 4.69) is 27.7 Å². The number of fused-ring (bicyclic) bond motifs is 4. The summed E-state index contributed by atoms with van der Waals surface area (Å²) < 4.78 is 65.5. The van der Waals surface area contributed by atoms with Crippen LogP contribution in [-0.4, -0.2) is 21.5 Å². The number of aryl methyl sites for hydroxylation is 1. The van der Waals surface area contributed by atoms with E-state index in [1.165, 1.54) is 18.2 Å². The highest BCUT2D eigenvalue weighted by atomic mass is 19.1. The van der Waals surface area contributed by atoms with Crippen LogP contribution in [0.2, 0.25) is 0 Å². The number of rotatable bonds is 7. The first-order chi connectivity index (χ1) is 31.3. The number of aromatic nitrogens is 2. The second-order valence-corrected chi connectivity index (χ2v) is 17.0. The average Bonchev–Trinajstić information content (AvgIpc) is 3.70. The normalized spacial score (nSPS) is 14.2. The molecule has 0 N–H and O–H groups in total. The van der Waals surface area contributed by atoms with Gasteiger partial charge < -0.3 is 0 Å². The Morgan fingerprint density at radius 3 is 1.35 bits per heavy atom. The van der Waals surface area contributed by atoms with Crippen LogP contribution in [0.3, 0.4) is 0 Å². The van der Waals surface area contributed by atoms with Crippen molar-refractivity contribution in [1.29, 1.82) is 0 Å². The van der Waals surface area contributed by atoms with Crippen LogP contribution in [-0.2, 0) is 0 Å². The maximum Gasteiger partial charge on any atom is 0.197 e. The van der Waals surface area contributed by atoms with Gasteiger partial charge in [0.2, 0.25) is 0 Å². The molecular weight excluding hydrogens is 825 g/mol. The van der Waals surface area contributed by atoms with Gasteiger partial charge in [-0.25, -0.2) is 27.5 Å². The summed E-state index contributed by atoms with van der Waals surface area (Å²) in [5.41, 5.74) is 3.43. The molecule has 0 fully saturated rings. The van der Waals surface area contributed by atoms with Gasteiger partial charge in [-0.15, -0.1) is 0 Å². The molecular formula is C55H40F4N4O2. The fourth-order valence-electron chi connectivity index (χ4n) is 9.19. The molecule has 0 amide bonds. The molecule has 1 aromatic heterocycles. The van der Waals surface area contributed by atoms with E-state index in [0.29, 0.717) is 22.4 Å². The Morgan fingerprint density at radius 1 is 0.492 bits per heavy atom. The van der Waals surface area contributed by atoms with Crippen molar-refractivity contribution in [2.45, 2.75) is 46.5 Å². The molecule has 8 aromatic rings. The highest BCUT2D eigenvalue weighted by molar-refractivity contribution is 6.40. The molecule has 0 spiro atoms. The van der Waals surface area contributed by atoms with E-state index in [-0.39, 0.29) is 57.0 Å². The highest BCUT2D eigenvalue weighted by Crippen LogP contribution is 2.56. The van der Waals surface area contributed by atoms with E-state index in [1.807, 2.05) is 59.5 Å². The summed E-state index contributed by atoms with van der Waals surface area (Å²) >= 11 is 0. The maximum absolute atomic E-state index is 16.4. The number of Topliss-reactive ketones (excluding diaryl/α,β-unsaturated/α-hetero) is 2. The van der Waals surface area contributed by atoms with Crippen molar-refractivity contribution in [3.8, 4) is 22.3 Å². The monoisotopic (exact) mass is 864 g/mol. The molecule has 2 heterocycles. The van der Waals surface area contributed by atoms with Crippen LogP contribution >= 0.6 is 0 Å². The van der Waals surface area contributed by atoms with Crippen molar-refractivity contribution in [1.82, 2.24) is 9.97 Å². The molecule has 1 aliphatic heterocycles. The fourth-order valence-corrected chi connectivity index (χ4v) is 9.19. The van der Waals surface area contributed by atoms with Crippen LogP contribution in [0.15, 0.2) is 151 Å². The third kappa shape index (κ3) is 6.70. The number of carbonyl (C=O) groups is 2.